The van der Waals surface area contributed by atoms with Gasteiger partial charge in [0.1, 0.15) is 0 Å². The Kier molecular flexibility index (Phi) is 9.68. The van der Waals surface area contributed by atoms with Crippen LogP contribution in [-0.4, -0.2) is 42.0 Å². The third-order valence-electron chi connectivity index (χ3n) is 2.66. The summed E-state index contributed by atoms with van der Waals surface area (Å²) < 4.78 is 29.7. The molecule has 0 aliphatic carbocycles. The van der Waals surface area contributed by atoms with Gasteiger partial charge in [-0.1, -0.05) is 12.1 Å². The average Bonchev–Trinajstić information content (AvgIpc) is 2.53. The molecule has 1 aliphatic rings. The minimum absolute atomic E-state index is 0. The Hall–Kier alpha value is 1.54. The fourth-order valence-electron chi connectivity index (χ4n) is 1.85. The van der Waals surface area contributed by atoms with Gasteiger partial charge >= 0.3 is 103 Å². The van der Waals surface area contributed by atoms with E-state index in [0.29, 0.717) is 11.1 Å². The SMILES string of the molecule is O=C1c2ccccc2C(=O)N1CCCS(=O)(=O)O.[H-].[H-].[K+].[K+]. The third kappa shape index (κ3) is 5.32. The van der Waals surface area contributed by atoms with Crippen molar-refractivity contribution in [2.75, 3.05) is 12.3 Å². The molecule has 100 valence electrons. The molecule has 1 aromatic rings. The summed E-state index contributed by atoms with van der Waals surface area (Å²) in [6.07, 6.45) is 0.0182. The first-order valence-corrected chi connectivity index (χ1v) is 6.91. The summed E-state index contributed by atoms with van der Waals surface area (Å²) in [4.78, 5) is 24.7. The Bertz CT molecular complexity index is 592. The quantitative estimate of drug-likeness (QED) is 0.333. The van der Waals surface area contributed by atoms with Crippen LogP contribution in [0.3, 0.4) is 0 Å². The number of nitrogens with zero attached hydrogens (tertiary/aromatic N) is 1. The van der Waals surface area contributed by atoms with E-state index in [1.165, 1.54) is 0 Å². The van der Waals surface area contributed by atoms with Crippen molar-refractivity contribution in [3.8, 4) is 0 Å². The molecule has 0 spiro atoms. The second-order valence-corrected chi connectivity index (χ2v) is 5.52. The van der Waals surface area contributed by atoms with E-state index in [1.807, 2.05) is 0 Å². The standard InChI is InChI=1S/C11H11NO5S.2K.2H/c13-10-8-4-1-2-5-9(8)11(14)12(10)6-3-7-18(15,16)17;;;;/h1-2,4-5H,3,6-7H2,(H,15,16,17);;;;/q;2*+1;2*-1. The zero-order valence-electron chi connectivity index (χ0n) is 13.4. The number of carbonyl (C=O) groups excluding carboxylic acids is 2. The Labute approximate surface area is 205 Å². The van der Waals surface area contributed by atoms with E-state index in [1.54, 1.807) is 24.3 Å². The molecule has 6 nitrogen and oxygen atoms in total. The van der Waals surface area contributed by atoms with Crippen molar-refractivity contribution >= 4 is 21.9 Å². The van der Waals surface area contributed by atoms with Crippen molar-refractivity contribution in [1.29, 1.82) is 0 Å². The van der Waals surface area contributed by atoms with Gasteiger partial charge in [-0.2, -0.15) is 8.42 Å². The van der Waals surface area contributed by atoms with Crippen molar-refractivity contribution in [3.05, 3.63) is 35.4 Å². The molecule has 20 heavy (non-hydrogen) atoms. The second-order valence-electron chi connectivity index (χ2n) is 3.95. The van der Waals surface area contributed by atoms with Crippen LogP contribution < -0.4 is 103 Å². The molecule has 0 saturated carbocycles. The van der Waals surface area contributed by atoms with Crippen LogP contribution in [0.15, 0.2) is 24.3 Å². The van der Waals surface area contributed by atoms with Crippen LogP contribution in [0, 0.1) is 0 Å². The van der Waals surface area contributed by atoms with Crippen LogP contribution in [0.1, 0.15) is 30.0 Å². The second kappa shape index (κ2) is 8.99. The molecule has 0 fully saturated rings. The minimum atomic E-state index is -4.07. The topological polar surface area (TPSA) is 91.8 Å². The Morgan fingerprint density at radius 2 is 1.50 bits per heavy atom. The molecule has 2 rings (SSSR count). The first kappa shape index (κ1) is 21.5. The number of amides is 2. The van der Waals surface area contributed by atoms with Crippen molar-refractivity contribution in [1.82, 2.24) is 4.90 Å². The van der Waals surface area contributed by atoms with E-state index in [-0.39, 0.29) is 119 Å². The monoisotopic (exact) mass is 349 g/mol. The first-order chi connectivity index (χ1) is 8.40. The van der Waals surface area contributed by atoms with Crippen LogP contribution >= 0.6 is 0 Å². The van der Waals surface area contributed by atoms with Gasteiger partial charge in [0.15, 0.2) is 0 Å². The third-order valence-corrected chi connectivity index (χ3v) is 3.47. The maximum Gasteiger partial charge on any atom is 1.00 e. The van der Waals surface area contributed by atoms with Gasteiger partial charge in [-0.15, -0.1) is 0 Å². The fourth-order valence-corrected chi connectivity index (χ4v) is 2.34. The zero-order chi connectivity index (χ0) is 13.3. The van der Waals surface area contributed by atoms with E-state index in [9.17, 15) is 18.0 Å². The fraction of sp³-hybridized carbons (Fsp3) is 0.273. The Morgan fingerprint density at radius 1 is 1.05 bits per heavy atom. The molecule has 0 atom stereocenters. The van der Waals surface area contributed by atoms with Gasteiger partial charge in [0, 0.05) is 6.54 Å². The van der Waals surface area contributed by atoms with Crippen LogP contribution in [0.25, 0.3) is 0 Å². The van der Waals surface area contributed by atoms with Crippen LogP contribution in [0.2, 0.25) is 0 Å². The molecule has 0 aromatic heterocycles. The number of benzene rings is 1. The molecule has 9 heteroatoms. The van der Waals surface area contributed by atoms with E-state index in [0.717, 1.165) is 4.90 Å². The summed E-state index contributed by atoms with van der Waals surface area (Å²) in [7, 11) is -4.07. The average molecular weight is 349 g/mol. The van der Waals surface area contributed by atoms with Gasteiger partial charge in [0.25, 0.3) is 21.9 Å². The van der Waals surface area contributed by atoms with Crippen LogP contribution in [0.4, 0.5) is 0 Å². The summed E-state index contributed by atoms with van der Waals surface area (Å²) in [5.74, 6) is -1.32. The molecule has 1 heterocycles. The van der Waals surface area contributed by atoms with E-state index >= 15 is 0 Å². The number of imide groups is 1. The van der Waals surface area contributed by atoms with Gasteiger partial charge in [-0.25, -0.2) is 0 Å². The first-order valence-electron chi connectivity index (χ1n) is 5.30. The molecule has 1 aromatic carbocycles. The summed E-state index contributed by atoms with van der Waals surface area (Å²) in [6, 6.07) is 6.42. The molecule has 0 bridgehead atoms. The number of fused-ring (bicyclic) bond motifs is 1. The smallest absolute Gasteiger partial charge is 1.00 e. The molecule has 0 unspecified atom stereocenters. The van der Waals surface area contributed by atoms with Crippen LogP contribution in [0.5, 0.6) is 0 Å². The predicted octanol–water partition coefficient (Wildman–Crippen LogP) is -5.21. The van der Waals surface area contributed by atoms with Gasteiger partial charge in [-0.3, -0.25) is 19.0 Å². The molecular weight excluding hydrogens is 336 g/mol. The Balaban J connectivity index is -0.000000902. The molecule has 1 N–H and O–H groups in total. The van der Waals surface area contributed by atoms with Crippen molar-refractivity contribution in [3.63, 3.8) is 0 Å². The van der Waals surface area contributed by atoms with Crippen molar-refractivity contribution < 1.29 is 128 Å². The summed E-state index contributed by atoms with van der Waals surface area (Å²) in [5, 5.41) is 0. The number of carbonyl (C=O) groups is 2. The van der Waals surface area contributed by atoms with E-state index in [2.05, 4.69) is 0 Å². The maximum atomic E-state index is 11.9. The Morgan fingerprint density at radius 3 is 1.90 bits per heavy atom. The number of hydrogen-bond donors (Lipinski definition) is 1. The van der Waals surface area contributed by atoms with Crippen molar-refractivity contribution in [2.45, 2.75) is 6.42 Å². The molecule has 2 amide bonds. The zero-order valence-corrected chi connectivity index (χ0v) is 18.4. The summed E-state index contributed by atoms with van der Waals surface area (Å²) >= 11 is 0. The largest absolute Gasteiger partial charge is 1.00 e. The summed E-state index contributed by atoms with van der Waals surface area (Å²) in [6.45, 7) is -0.0217. The van der Waals surface area contributed by atoms with Crippen LogP contribution in [-0.2, 0) is 10.1 Å². The van der Waals surface area contributed by atoms with Crippen molar-refractivity contribution in [2.24, 2.45) is 0 Å². The molecule has 0 radical (unpaired) electrons. The molecule has 1 aliphatic heterocycles. The molecule has 0 saturated heterocycles. The van der Waals surface area contributed by atoms with E-state index in [4.69, 9.17) is 4.55 Å². The van der Waals surface area contributed by atoms with Gasteiger partial charge in [-0.05, 0) is 18.6 Å². The number of rotatable bonds is 4. The van der Waals surface area contributed by atoms with E-state index < -0.39 is 27.7 Å². The van der Waals surface area contributed by atoms with Gasteiger partial charge in [0.2, 0.25) is 0 Å². The molecular formula is C11H13K2NO5S. The summed E-state index contributed by atoms with van der Waals surface area (Å²) in [5.41, 5.74) is 0.656. The normalized spacial score (nSPS) is 13.6. The predicted molar refractivity (Wildman–Crippen MR) is 65.1 cm³/mol. The minimum Gasteiger partial charge on any atom is -1.00 e. The maximum absolute atomic E-state index is 11.9. The van der Waals surface area contributed by atoms with Gasteiger partial charge < -0.3 is 2.85 Å². The number of hydrogen-bond acceptors (Lipinski definition) is 4. The van der Waals surface area contributed by atoms with Gasteiger partial charge in [0.05, 0.1) is 16.9 Å².